The summed E-state index contributed by atoms with van der Waals surface area (Å²) in [5.74, 6) is -0.469. The molecule has 2 rings (SSSR count). The van der Waals surface area contributed by atoms with E-state index in [1.165, 1.54) is 16.9 Å². The van der Waals surface area contributed by atoms with Crippen molar-refractivity contribution in [3.05, 3.63) is 51.5 Å². The summed E-state index contributed by atoms with van der Waals surface area (Å²) in [7, 11) is 0. The fourth-order valence-electron chi connectivity index (χ4n) is 2.78. The molecule has 28 heavy (non-hydrogen) atoms. The number of aryl methyl sites for hydroxylation is 1. The van der Waals surface area contributed by atoms with Gasteiger partial charge in [-0.05, 0) is 58.2 Å². The van der Waals surface area contributed by atoms with Crippen molar-refractivity contribution in [3.8, 4) is 0 Å². The molecule has 6 heteroatoms. The molecule has 0 bridgehead atoms. The van der Waals surface area contributed by atoms with Crippen molar-refractivity contribution >= 4 is 23.2 Å². The minimum atomic E-state index is -0.429. The van der Waals surface area contributed by atoms with Crippen molar-refractivity contribution in [3.63, 3.8) is 0 Å². The Hall–Kier alpha value is -2.21. The monoisotopic (exact) mass is 402 g/mol. The first-order chi connectivity index (χ1) is 13.3. The highest BCUT2D eigenvalue weighted by Gasteiger charge is 2.28. The number of unbranched alkanes of at least 4 members (excludes halogenated alkanes) is 1. The van der Waals surface area contributed by atoms with Gasteiger partial charge in [0, 0.05) is 16.5 Å². The lowest BCUT2D eigenvalue weighted by molar-refractivity contribution is 0.0520. The van der Waals surface area contributed by atoms with Gasteiger partial charge in [-0.3, -0.25) is 4.79 Å². The Morgan fingerprint density at radius 1 is 1.14 bits per heavy atom. The maximum absolute atomic E-state index is 13.2. The van der Waals surface area contributed by atoms with Gasteiger partial charge < -0.3 is 9.64 Å². The van der Waals surface area contributed by atoms with Crippen LogP contribution in [0.4, 0.5) is 0 Å². The molecule has 0 fully saturated rings. The molecule has 1 amide bonds. The Morgan fingerprint density at radius 2 is 1.82 bits per heavy atom. The van der Waals surface area contributed by atoms with Crippen LogP contribution in [0.5, 0.6) is 0 Å². The Labute approximate surface area is 171 Å². The summed E-state index contributed by atoms with van der Waals surface area (Å²) < 4.78 is 4.99. The molecule has 1 heterocycles. The van der Waals surface area contributed by atoms with Gasteiger partial charge in [-0.2, -0.15) is 0 Å². The number of hydrogen-bond acceptors (Lipinski definition) is 5. The minimum Gasteiger partial charge on any atom is -0.461 e. The molecule has 0 unspecified atom stereocenters. The third-order valence-electron chi connectivity index (χ3n) is 4.40. The number of esters is 1. The molecule has 2 aromatic rings. The number of aromatic nitrogens is 1. The molecule has 5 nitrogen and oxygen atoms in total. The topological polar surface area (TPSA) is 59.5 Å². The second-order valence-corrected chi connectivity index (χ2v) is 8.65. The first kappa shape index (κ1) is 22.1. The molecule has 0 aliphatic carbocycles. The van der Waals surface area contributed by atoms with Gasteiger partial charge in [0.25, 0.3) is 5.91 Å². The lowest BCUT2D eigenvalue weighted by atomic mass is 10.0. The second-order valence-electron chi connectivity index (χ2n) is 7.71. The molecule has 0 N–H and O–H groups in total. The van der Waals surface area contributed by atoms with E-state index in [2.05, 4.69) is 11.9 Å². The highest BCUT2D eigenvalue weighted by Crippen LogP contribution is 2.23. The smallest absolute Gasteiger partial charge is 0.357 e. The average molecular weight is 403 g/mol. The quantitative estimate of drug-likeness (QED) is 0.576. The zero-order valence-corrected chi connectivity index (χ0v) is 18.3. The number of carbonyl (C=O) groups is 2. The van der Waals surface area contributed by atoms with Gasteiger partial charge in [0.2, 0.25) is 0 Å². The minimum absolute atomic E-state index is 0.0394. The third-order valence-corrected chi connectivity index (χ3v) is 5.24. The molecule has 0 saturated carbocycles. The highest BCUT2D eigenvalue weighted by atomic mass is 32.1. The zero-order valence-electron chi connectivity index (χ0n) is 17.4. The predicted octanol–water partition coefficient (Wildman–Crippen LogP) is 5.10. The highest BCUT2D eigenvalue weighted by molar-refractivity contribution is 7.09. The number of amides is 1. The summed E-state index contributed by atoms with van der Waals surface area (Å²) in [6.45, 7) is 10.6. The van der Waals surface area contributed by atoms with Gasteiger partial charge in [-0.1, -0.05) is 25.5 Å². The Kier molecular flexibility index (Phi) is 7.75. The molecular weight excluding hydrogens is 372 g/mol. The molecule has 152 valence electrons. The normalized spacial score (nSPS) is 11.3. The summed E-state index contributed by atoms with van der Waals surface area (Å²) in [4.78, 5) is 31.2. The lowest BCUT2D eigenvalue weighted by Gasteiger charge is -2.35. The first-order valence-corrected chi connectivity index (χ1v) is 10.7. The van der Waals surface area contributed by atoms with E-state index in [1.54, 1.807) is 17.2 Å². The van der Waals surface area contributed by atoms with Gasteiger partial charge in [0.05, 0.1) is 13.2 Å². The molecule has 0 aliphatic rings. The third kappa shape index (κ3) is 5.89. The predicted molar refractivity (Wildman–Crippen MR) is 113 cm³/mol. The van der Waals surface area contributed by atoms with Crippen LogP contribution < -0.4 is 0 Å². The second kappa shape index (κ2) is 9.82. The summed E-state index contributed by atoms with van der Waals surface area (Å²) in [6.07, 6.45) is 3.33. The van der Waals surface area contributed by atoms with E-state index in [1.807, 2.05) is 45.0 Å². The van der Waals surface area contributed by atoms with Crippen molar-refractivity contribution in [2.75, 3.05) is 6.61 Å². The maximum Gasteiger partial charge on any atom is 0.357 e. The standard InChI is InChI=1S/C22H30N2O3S/c1-6-8-9-16-10-12-17(13-11-16)20(25)24(22(3,4)5)14-19-23-18(15-28-19)21(26)27-7-2/h10-13,15H,6-9,14H2,1-5H3. The van der Waals surface area contributed by atoms with Crippen molar-refractivity contribution in [1.82, 2.24) is 9.88 Å². The summed E-state index contributed by atoms with van der Waals surface area (Å²) in [5, 5.41) is 2.40. The van der Waals surface area contributed by atoms with Crippen LogP contribution in [-0.2, 0) is 17.7 Å². The van der Waals surface area contributed by atoms with Gasteiger partial charge in [-0.25, -0.2) is 9.78 Å². The molecule has 0 spiro atoms. The van der Waals surface area contributed by atoms with E-state index in [-0.39, 0.29) is 11.4 Å². The van der Waals surface area contributed by atoms with E-state index >= 15 is 0 Å². The van der Waals surface area contributed by atoms with Crippen LogP contribution in [-0.4, -0.2) is 33.9 Å². The van der Waals surface area contributed by atoms with E-state index in [0.29, 0.717) is 29.4 Å². The van der Waals surface area contributed by atoms with Gasteiger partial charge in [-0.15, -0.1) is 11.3 Å². The fourth-order valence-corrected chi connectivity index (χ4v) is 3.53. The van der Waals surface area contributed by atoms with E-state index in [9.17, 15) is 9.59 Å². The molecule has 1 aromatic heterocycles. The number of hydrogen-bond donors (Lipinski definition) is 0. The van der Waals surface area contributed by atoms with E-state index in [4.69, 9.17) is 4.74 Å². The van der Waals surface area contributed by atoms with Crippen LogP contribution in [0, 0.1) is 0 Å². The molecule has 0 radical (unpaired) electrons. The van der Waals surface area contributed by atoms with Crippen molar-refractivity contribution in [2.24, 2.45) is 0 Å². The van der Waals surface area contributed by atoms with Crippen molar-refractivity contribution in [2.45, 2.75) is 66.0 Å². The van der Waals surface area contributed by atoms with E-state index < -0.39 is 5.97 Å². The summed E-state index contributed by atoms with van der Waals surface area (Å²) >= 11 is 1.37. The molecule has 1 aromatic carbocycles. The Balaban J connectivity index is 2.17. The van der Waals surface area contributed by atoms with Gasteiger partial charge >= 0.3 is 5.97 Å². The summed E-state index contributed by atoms with van der Waals surface area (Å²) in [5.41, 5.74) is 1.83. The SMILES string of the molecule is CCCCc1ccc(C(=O)N(Cc2nc(C(=O)OCC)cs2)C(C)(C)C)cc1. The zero-order chi connectivity index (χ0) is 20.7. The van der Waals surface area contributed by atoms with Crippen LogP contribution in [0.15, 0.2) is 29.6 Å². The number of thiazole rings is 1. The number of nitrogens with zero attached hydrogens (tertiary/aromatic N) is 2. The number of benzene rings is 1. The van der Waals surface area contributed by atoms with Crippen molar-refractivity contribution in [1.29, 1.82) is 0 Å². The summed E-state index contributed by atoms with van der Waals surface area (Å²) in [6, 6.07) is 7.87. The largest absolute Gasteiger partial charge is 0.461 e. The van der Waals surface area contributed by atoms with Crippen LogP contribution >= 0.6 is 11.3 Å². The van der Waals surface area contributed by atoms with Crippen LogP contribution in [0.1, 0.15) is 78.9 Å². The van der Waals surface area contributed by atoms with Crippen LogP contribution in [0.3, 0.4) is 0 Å². The molecule has 0 atom stereocenters. The van der Waals surface area contributed by atoms with Gasteiger partial charge in [0.15, 0.2) is 5.69 Å². The van der Waals surface area contributed by atoms with Gasteiger partial charge in [0.1, 0.15) is 5.01 Å². The average Bonchev–Trinajstić information content (AvgIpc) is 3.12. The number of rotatable bonds is 8. The van der Waals surface area contributed by atoms with Crippen molar-refractivity contribution < 1.29 is 14.3 Å². The van der Waals surface area contributed by atoms with E-state index in [0.717, 1.165) is 19.3 Å². The fraction of sp³-hybridized carbons (Fsp3) is 0.500. The number of ether oxygens (including phenoxy) is 1. The first-order valence-electron chi connectivity index (χ1n) is 9.78. The molecule has 0 aliphatic heterocycles. The number of carbonyl (C=O) groups excluding carboxylic acids is 2. The van der Waals surface area contributed by atoms with Crippen LogP contribution in [0.25, 0.3) is 0 Å². The maximum atomic E-state index is 13.2. The molecule has 0 saturated heterocycles. The Morgan fingerprint density at radius 3 is 2.39 bits per heavy atom. The Bertz CT molecular complexity index is 791. The van der Waals surface area contributed by atoms with Crippen LogP contribution in [0.2, 0.25) is 0 Å². The lowest BCUT2D eigenvalue weighted by Crippen LogP contribution is -2.45. The molecular formula is C22H30N2O3S.